The summed E-state index contributed by atoms with van der Waals surface area (Å²) in [6.45, 7) is 0. The molecule has 0 unspecified atom stereocenters. The summed E-state index contributed by atoms with van der Waals surface area (Å²) < 4.78 is 8.55. The van der Waals surface area contributed by atoms with Crippen LogP contribution in [0.2, 0.25) is 0 Å². The summed E-state index contributed by atoms with van der Waals surface area (Å²) in [5.74, 6) is 0. The van der Waals surface area contributed by atoms with Crippen molar-refractivity contribution in [2.75, 3.05) is 0 Å². The summed E-state index contributed by atoms with van der Waals surface area (Å²) >= 11 is 0. The van der Waals surface area contributed by atoms with Crippen LogP contribution in [-0.2, 0) is 4.57 Å². The SMILES string of the molecule is O=P([O-])([O-])[O-].[Cl-].[K+].[K+].[K+].[K+]. The summed E-state index contributed by atoms with van der Waals surface area (Å²) in [4.78, 5) is 25.6. The Morgan fingerprint density at radius 1 is 0.800 bits per heavy atom. The monoisotopic (exact) mass is 286 g/mol. The van der Waals surface area contributed by atoms with Gasteiger partial charge >= 0.3 is 206 Å². The van der Waals surface area contributed by atoms with Gasteiger partial charge in [-0.2, -0.15) is 7.82 Å². The molecule has 0 aromatic carbocycles. The van der Waals surface area contributed by atoms with Gasteiger partial charge in [0.1, 0.15) is 0 Å². The van der Waals surface area contributed by atoms with E-state index in [2.05, 4.69) is 0 Å². The topological polar surface area (TPSA) is 86.2 Å². The van der Waals surface area contributed by atoms with E-state index in [0.717, 1.165) is 0 Å². The number of hydrogen-bond donors (Lipinski definition) is 0. The van der Waals surface area contributed by atoms with Gasteiger partial charge in [0.2, 0.25) is 0 Å². The van der Waals surface area contributed by atoms with E-state index in [9.17, 15) is 0 Å². The van der Waals surface area contributed by atoms with Gasteiger partial charge in [-0.15, -0.1) is 0 Å². The molecule has 0 amide bonds. The second-order valence-corrected chi connectivity index (χ2v) is 1.34. The summed E-state index contributed by atoms with van der Waals surface area (Å²) in [7, 11) is -5.39. The Bertz CT molecular complexity index is 63.4. The molecule has 0 aromatic rings. The molecule has 10 heteroatoms. The maximum absolute atomic E-state index is 8.55. The second-order valence-electron chi connectivity index (χ2n) is 0.447. The molecule has 40 valence electrons. The molecule has 0 saturated carbocycles. The van der Waals surface area contributed by atoms with Gasteiger partial charge in [-0.25, -0.2) is 0 Å². The molecule has 0 atom stereocenters. The van der Waals surface area contributed by atoms with Crippen LogP contribution in [0.1, 0.15) is 0 Å². The fraction of sp³-hybridized carbons (Fsp3) is 0. The summed E-state index contributed by atoms with van der Waals surface area (Å²) in [5, 5.41) is 0. The van der Waals surface area contributed by atoms with Crippen LogP contribution in [0.4, 0.5) is 0 Å². The molecule has 0 rings (SSSR count). The normalized spacial score (nSPS) is 5.90. The number of rotatable bonds is 0. The van der Waals surface area contributed by atoms with Crippen LogP contribution in [0.5, 0.6) is 0 Å². The van der Waals surface area contributed by atoms with Gasteiger partial charge < -0.3 is 31.7 Å². The van der Waals surface area contributed by atoms with E-state index < -0.39 is 7.82 Å². The zero-order valence-corrected chi connectivity index (χ0v) is 20.6. The van der Waals surface area contributed by atoms with E-state index in [1.165, 1.54) is 0 Å². The van der Waals surface area contributed by atoms with E-state index in [4.69, 9.17) is 19.2 Å². The number of halogens is 1. The average Bonchev–Trinajstić information content (AvgIpc) is 0.722. The van der Waals surface area contributed by atoms with Crippen molar-refractivity contribution in [3.8, 4) is 0 Å². The summed E-state index contributed by atoms with van der Waals surface area (Å²) in [6.07, 6.45) is 0. The third-order valence-electron chi connectivity index (χ3n) is 0. The van der Waals surface area contributed by atoms with Crippen molar-refractivity contribution in [2.45, 2.75) is 0 Å². The van der Waals surface area contributed by atoms with Crippen LogP contribution < -0.4 is 233 Å². The van der Waals surface area contributed by atoms with Crippen LogP contribution in [0, 0.1) is 0 Å². The first kappa shape index (κ1) is 36.0. The first-order chi connectivity index (χ1) is 2.00. The van der Waals surface area contributed by atoms with Crippen LogP contribution in [-0.4, -0.2) is 0 Å². The molecule has 0 heterocycles. The predicted molar refractivity (Wildman–Crippen MR) is 7.61 cm³/mol. The number of hydrogen-bond acceptors (Lipinski definition) is 4. The fourth-order valence-electron chi connectivity index (χ4n) is 0. The van der Waals surface area contributed by atoms with Crippen LogP contribution in [0.3, 0.4) is 0 Å². The number of phosphoric acid groups is 1. The molecular weight excluding hydrogens is 287 g/mol. The maximum Gasteiger partial charge on any atom is 1.00 e. The molecular formula is ClK4O4P. The Hall–Kier alpha value is 6.95. The molecule has 0 bridgehead atoms. The second kappa shape index (κ2) is 21.3. The minimum atomic E-state index is -5.39. The van der Waals surface area contributed by atoms with Crippen LogP contribution in [0.25, 0.3) is 0 Å². The van der Waals surface area contributed by atoms with Gasteiger partial charge in [0, 0.05) is 0 Å². The maximum atomic E-state index is 8.55. The predicted octanol–water partition coefficient (Wildman–Crippen LogP) is -17.8. The molecule has 0 saturated heterocycles. The van der Waals surface area contributed by atoms with Gasteiger partial charge in [0.05, 0.1) is 0 Å². The minimum Gasteiger partial charge on any atom is -1.00 e. The van der Waals surface area contributed by atoms with Gasteiger partial charge in [-0.1, -0.05) is 0 Å². The van der Waals surface area contributed by atoms with E-state index in [-0.39, 0.29) is 218 Å². The molecule has 4 nitrogen and oxygen atoms in total. The van der Waals surface area contributed by atoms with Gasteiger partial charge in [-0.05, 0) is 0 Å². The third kappa shape index (κ3) is 60.3. The molecule has 0 radical (unpaired) electrons. The smallest absolute Gasteiger partial charge is 1.00 e. The molecule has 0 fully saturated rings. The Labute approximate surface area is 236 Å². The van der Waals surface area contributed by atoms with Crippen molar-refractivity contribution < 1.29 is 237 Å². The van der Waals surface area contributed by atoms with E-state index in [1.807, 2.05) is 0 Å². The van der Waals surface area contributed by atoms with E-state index in [1.54, 1.807) is 0 Å². The Morgan fingerprint density at radius 3 is 0.800 bits per heavy atom. The standard InChI is InChI=1S/ClH.4K.H3O4P/c;;;;;1-5(2,3)4/h1H;;;;;(H3,1,2,3,4)/q;4*+1;/p-4. The Kier molecular flexibility index (Phi) is 76.4. The van der Waals surface area contributed by atoms with Crippen molar-refractivity contribution in [3.63, 3.8) is 0 Å². The molecule has 10 heavy (non-hydrogen) atoms. The largest absolute Gasteiger partial charge is 1.00 e. The van der Waals surface area contributed by atoms with Gasteiger partial charge in [0.15, 0.2) is 0 Å². The Balaban J connectivity index is -0.00000000800. The first-order valence-corrected chi connectivity index (χ1v) is 2.19. The molecule has 0 aliphatic rings. The van der Waals surface area contributed by atoms with E-state index >= 15 is 0 Å². The van der Waals surface area contributed by atoms with Crippen molar-refractivity contribution >= 4 is 7.82 Å². The summed E-state index contributed by atoms with van der Waals surface area (Å²) in [5.41, 5.74) is 0. The van der Waals surface area contributed by atoms with Crippen molar-refractivity contribution in [1.29, 1.82) is 0 Å². The average molecular weight is 287 g/mol. The molecule has 0 aliphatic carbocycles. The van der Waals surface area contributed by atoms with E-state index in [0.29, 0.717) is 0 Å². The Morgan fingerprint density at radius 2 is 0.800 bits per heavy atom. The third-order valence-corrected chi connectivity index (χ3v) is 0. The first-order valence-electron chi connectivity index (χ1n) is 0.730. The molecule has 0 spiro atoms. The molecule has 0 aliphatic heterocycles. The molecule has 0 aromatic heterocycles. The van der Waals surface area contributed by atoms with Gasteiger partial charge in [-0.3, -0.25) is 0 Å². The van der Waals surface area contributed by atoms with Crippen molar-refractivity contribution in [1.82, 2.24) is 0 Å². The summed E-state index contributed by atoms with van der Waals surface area (Å²) in [6, 6.07) is 0. The fourth-order valence-corrected chi connectivity index (χ4v) is 0. The quantitative estimate of drug-likeness (QED) is 0.327. The zero-order valence-electron chi connectivity index (χ0n) is 6.46. The van der Waals surface area contributed by atoms with Crippen LogP contribution in [0.15, 0.2) is 0 Å². The van der Waals surface area contributed by atoms with Crippen molar-refractivity contribution in [3.05, 3.63) is 0 Å². The molecule has 0 N–H and O–H groups in total. The van der Waals surface area contributed by atoms with Crippen molar-refractivity contribution in [2.24, 2.45) is 0 Å². The van der Waals surface area contributed by atoms with Crippen LogP contribution >= 0.6 is 7.82 Å². The minimum absolute atomic E-state index is 0. The zero-order chi connectivity index (χ0) is 4.50. The van der Waals surface area contributed by atoms with Gasteiger partial charge in [0.25, 0.3) is 0 Å².